The lowest BCUT2D eigenvalue weighted by molar-refractivity contribution is -0.121. The van der Waals surface area contributed by atoms with Crippen LogP contribution in [0.3, 0.4) is 0 Å². The van der Waals surface area contributed by atoms with Gasteiger partial charge in [0.15, 0.2) is 5.96 Å². The number of rotatable bonds is 7. The quantitative estimate of drug-likeness (QED) is 0.267. The van der Waals surface area contributed by atoms with Gasteiger partial charge < -0.3 is 16.0 Å². The molecule has 0 spiro atoms. The first-order valence-electron chi connectivity index (χ1n) is 10.5. The van der Waals surface area contributed by atoms with Crippen molar-refractivity contribution in [2.75, 3.05) is 32.7 Å². The highest BCUT2D eigenvalue weighted by Gasteiger charge is 2.29. The Kier molecular flexibility index (Phi) is 11.2. The molecule has 1 aliphatic rings. The number of hydrogen-bond donors (Lipinski definition) is 3. The highest BCUT2D eigenvalue weighted by atomic mass is 127. The number of halogens is 1. The molecule has 0 bridgehead atoms. The summed E-state index contributed by atoms with van der Waals surface area (Å²) in [6.45, 7) is 10.2. The number of nitrogens with zero attached hydrogens (tertiary/aromatic N) is 2. The molecular formula is C21H36IN5O3S. The fraction of sp³-hybridized carbons (Fsp3) is 0.619. The molecule has 1 heterocycles. The summed E-state index contributed by atoms with van der Waals surface area (Å²) in [5.41, 5.74) is -0.285. The van der Waals surface area contributed by atoms with E-state index in [1.165, 1.54) is 0 Å². The molecule has 10 heteroatoms. The van der Waals surface area contributed by atoms with Crippen LogP contribution in [0.5, 0.6) is 0 Å². The number of carbonyl (C=O) groups excluding carboxylic acids is 1. The highest BCUT2D eigenvalue weighted by Crippen LogP contribution is 2.23. The maximum absolute atomic E-state index is 12.7. The van der Waals surface area contributed by atoms with Crippen molar-refractivity contribution in [3.63, 3.8) is 0 Å². The van der Waals surface area contributed by atoms with Crippen LogP contribution < -0.4 is 16.0 Å². The molecule has 2 rings (SSSR count). The van der Waals surface area contributed by atoms with Gasteiger partial charge in [-0.25, -0.2) is 13.4 Å². The summed E-state index contributed by atoms with van der Waals surface area (Å²) in [5.74, 6) is 0.819. The van der Waals surface area contributed by atoms with Crippen LogP contribution in [-0.2, 0) is 14.8 Å². The molecular weight excluding hydrogens is 529 g/mol. The molecule has 0 atom stereocenters. The molecule has 176 valence electrons. The Hall–Kier alpha value is -1.40. The smallest absolute Gasteiger partial charge is 0.243 e. The minimum Gasteiger partial charge on any atom is -0.357 e. The number of piperidine rings is 1. The molecule has 1 aromatic carbocycles. The maximum atomic E-state index is 12.7. The van der Waals surface area contributed by atoms with Crippen LogP contribution in [0.2, 0.25) is 0 Å². The highest BCUT2D eigenvalue weighted by molar-refractivity contribution is 14.0. The average molecular weight is 566 g/mol. The topological polar surface area (TPSA) is 103 Å². The lowest BCUT2D eigenvalue weighted by Gasteiger charge is -2.31. The summed E-state index contributed by atoms with van der Waals surface area (Å²) in [7, 11) is -3.43. The van der Waals surface area contributed by atoms with E-state index < -0.39 is 10.0 Å². The monoisotopic (exact) mass is 565 g/mol. The Morgan fingerprint density at radius 1 is 1.13 bits per heavy atom. The third kappa shape index (κ3) is 9.32. The molecule has 1 saturated heterocycles. The second kappa shape index (κ2) is 12.6. The fourth-order valence-electron chi connectivity index (χ4n) is 3.29. The van der Waals surface area contributed by atoms with Crippen LogP contribution in [0.15, 0.2) is 40.2 Å². The Bertz CT molecular complexity index is 817. The molecule has 8 nitrogen and oxygen atoms in total. The molecule has 31 heavy (non-hydrogen) atoms. The molecule has 1 amide bonds. The number of hydrogen-bond acceptors (Lipinski definition) is 4. The molecule has 1 fully saturated rings. The number of guanidine groups is 1. The van der Waals surface area contributed by atoms with Gasteiger partial charge in [0, 0.05) is 31.7 Å². The average Bonchev–Trinajstić information content (AvgIpc) is 2.70. The van der Waals surface area contributed by atoms with E-state index >= 15 is 0 Å². The van der Waals surface area contributed by atoms with Crippen molar-refractivity contribution < 1.29 is 13.2 Å². The lowest BCUT2D eigenvalue weighted by atomic mass is 9.98. The Morgan fingerprint density at radius 2 is 1.74 bits per heavy atom. The van der Waals surface area contributed by atoms with Crippen molar-refractivity contribution in [1.29, 1.82) is 0 Å². The summed E-state index contributed by atoms with van der Waals surface area (Å²) in [4.78, 5) is 16.7. The van der Waals surface area contributed by atoms with Gasteiger partial charge in [-0.15, -0.1) is 24.0 Å². The van der Waals surface area contributed by atoms with Crippen molar-refractivity contribution in [3.05, 3.63) is 30.3 Å². The fourth-order valence-corrected chi connectivity index (χ4v) is 4.78. The first-order valence-corrected chi connectivity index (χ1v) is 11.9. The van der Waals surface area contributed by atoms with Crippen molar-refractivity contribution in [1.82, 2.24) is 20.3 Å². The first kappa shape index (κ1) is 27.6. The predicted molar refractivity (Wildman–Crippen MR) is 135 cm³/mol. The molecule has 0 aliphatic carbocycles. The number of amides is 1. The summed E-state index contributed by atoms with van der Waals surface area (Å²) in [5, 5.41) is 9.32. The van der Waals surface area contributed by atoms with E-state index in [1.54, 1.807) is 28.6 Å². The Morgan fingerprint density at radius 3 is 2.29 bits per heavy atom. The lowest BCUT2D eigenvalue weighted by Crippen LogP contribution is -2.45. The second-order valence-electron chi connectivity index (χ2n) is 8.53. The molecule has 0 aromatic heterocycles. The van der Waals surface area contributed by atoms with Gasteiger partial charge in [-0.2, -0.15) is 4.31 Å². The van der Waals surface area contributed by atoms with Crippen LogP contribution in [0.4, 0.5) is 0 Å². The Balaban J connectivity index is 0.00000480. The van der Waals surface area contributed by atoms with E-state index in [4.69, 9.17) is 0 Å². The first-order chi connectivity index (χ1) is 14.1. The van der Waals surface area contributed by atoms with Crippen LogP contribution in [0, 0.1) is 5.92 Å². The second-order valence-corrected chi connectivity index (χ2v) is 10.5. The van der Waals surface area contributed by atoms with Gasteiger partial charge in [0.1, 0.15) is 6.54 Å². The van der Waals surface area contributed by atoms with Gasteiger partial charge >= 0.3 is 0 Å². The number of benzene rings is 1. The number of nitrogens with one attached hydrogen (secondary N) is 3. The molecule has 0 unspecified atom stereocenters. The van der Waals surface area contributed by atoms with Gasteiger partial charge in [-0.1, -0.05) is 18.2 Å². The third-order valence-corrected chi connectivity index (χ3v) is 6.66. The molecule has 1 aliphatic heterocycles. The zero-order valence-corrected chi connectivity index (χ0v) is 22.0. The largest absolute Gasteiger partial charge is 0.357 e. The number of sulfonamides is 1. The van der Waals surface area contributed by atoms with E-state index in [0.29, 0.717) is 43.0 Å². The standard InChI is InChI=1S/C21H35N5O3S.HI/c1-5-22-20(24-16-19(27)25-21(2,3)4)23-15-17-11-13-26(14-12-17)30(28,29)18-9-7-6-8-10-18;/h6-10,17H,5,11-16H2,1-4H3,(H,25,27)(H2,22,23,24);1H. The van der Waals surface area contributed by atoms with Gasteiger partial charge in [0.05, 0.1) is 4.90 Å². The van der Waals surface area contributed by atoms with Crippen molar-refractivity contribution in [2.24, 2.45) is 10.9 Å². The van der Waals surface area contributed by atoms with Gasteiger partial charge in [0.2, 0.25) is 15.9 Å². The van der Waals surface area contributed by atoms with Crippen molar-refractivity contribution in [2.45, 2.75) is 51.0 Å². The van der Waals surface area contributed by atoms with Crippen LogP contribution in [0.25, 0.3) is 0 Å². The van der Waals surface area contributed by atoms with Gasteiger partial charge in [-0.3, -0.25) is 4.79 Å². The molecule has 0 saturated carbocycles. The Labute approximate surface area is 203 Å². The molecule has 3 N–H and O–H groups in total. The normalized spacial score (nSPS) is 16.3. The van der Waals surface area contributed by atoms with E-state index in [1.807, 2.05) is 33.8 Å². The van der Waals surface area contributed by atoms with E-state index in [9.17, 15) is 13.2 Å². The zero-order chi connectivity index (χ0) is 22.2. The zero-order valence-electron chi connectivity index (χ0n) is 18.8. The van der Waals surface area contributed by atoms with E-state index in [0.717, 1.165) is 12.8 Å². The van der Waals surface area contributed by atoms with Gasteiger partial charge in [-0.05, 0) is 58.6 Å². The summed E-state index contributed by atoms with van der Waals surface area (Å²) >= 11 is 0. The SMILES string of the molecule is CCNC(=NCC(=O)NC(C)(C)C)NCC1CCN(S(=O)(=O)c2ccccc2)CC1.I. The minimum atomic E-state index is -3.43. The number of carbonyl (C=O) groups is 1. The van der Waals surface area contributed by atoms with Crippen molar-refractivity contribution >= 4 is 45.9 Å². The molecule has 0 radical (unpaired) electrons. The van der Waals surface area contributed by atoms with E-state index in [-0.39, 0.29) is 42.0 Å². The molecule has 1 aromatic rings. The summed E-state index contributed by atoms with van der Waals surface area (Å²) < 4.78 is 27.0. The maximum Gasteiger partial charge on any atom is 0.243 e. The third-order valence-electron chi connectivity index (χ3n) is 4.75. The minimum absolute atomic E-state index is 0. The van der Waals surface area contributed by atoms with Crippen molar-refractivity contribution in [3.8, 4) is 0 Å². The van der Waals surface area contributed by atoms with E-state index in [2.05, 4.69) is 20.9 Å². The summed E-state index contributed by atoms with van der Waals surface area (Å²) in [6.07, 6.45) is 1.56. The van der Waals surface area contributed by atoms with Crippen LogP contribution in [0.1, 0.15) is 40.5 Å². The van der Waals surface area contributed by atoms with Crippen LogP contribution >= 0.6 is 24.0 Å². The van der Waals surface area contributed by atoms with Crippen LogP contribution in [-0.4, -0.2) is 62.9 Å². The predicted octanol–water partition coefficient (Wildman–Crippen LogP) is 2.18. The number of aliphatic imine (C=N–C) groups is 1. The summed E-state index contributed by atoms with van der Waals surface area (Å²) in [6, 6.07) is 8.57. The van der Waals surface area contributed by atoms with Gasteiger partial charge in [0.25, 0.3) is 0 Å².